The molecule has 1 heterocycles. The highest BCUT2D eigenvalue weighted by atomic mass is 32.2. The van der Waals surface area contributed by atoms with Gasteiger partial charge in [-0.2, -0.15) is 0 Å². The standard InChI is InChI=1S/C11H20N2O3S/c1-8-3-4-13(5-9(8)16-2)11(15)7-17-6-10(12)14/h8-9H,3-7H2,1-2H3,(H2,12,14). The van der Waals surface area contributed by atoms with E-state index in [2.05, 4.69) is 6.92 Å². The Balaban J connectivity index is 2.34. The van der Waals surface area contributed by atoms with E-state index in [1.807, 2.05) is 4.90 Å². The van der Waals surface area contributed by atoms with Crippen molar-refractivity contribution in [3.8, 4) is 0 Å². The Morgan fingerprint density at radius 2 is 2.18 bits per heavy atom. The number of rotatable bonds is 5. The number of thioether (sulfide) groups is 1. The second-order valence-corrected chi connectivity index (χ2v) is 5.32. The molecule has 0 aromatic carbocycles. The van der Waals surface area contributed by atoms with Crippen molar-refractivity contribution < 1.29 is 14.3 Å². The molecular weight excluding hydrogens is 240 g/mol. The first-order valence-electron chi connectivity index (χ1n) is 5.71. The van der Waals surface area contributed by atoms with E-state index >= 15 is 0 Å². The zero-order chi connectivity index (χ0) is 12.8. The molecule has 0 aromatic rings. The van der Waals surface area contributed by atoms with E-state index in [1.54, 1.807) is 7.11 Å². The second kappa shape index (κ2) is 6.86. The lowest BCUT2D eigenvalue weighted by Crippen LogP contribution is -2.47. The number of nitrogens with zero attached hydrogens (tertiary/aromatic N) is 1. The molecule has 2 N–H and O–H groups in total. The summed E-state index contributed by atoms with van der Waals surface area (Å²) in [7, 11) is 1.68. The van der Waals surface area contributed by atoms with E-state index in [1.165, 1.54) is 11.8 Å². The van der Waals surface area contributed by atoms with Crippen LogP contribution in [-0.2, 0) is 14.3 Å². The third kappa shape index (κ3) is 4.55. The summed E-state index contributed by atoms with van der Waals surface area (Å²) in [6, 6.07) is 0. The van der Waals surface area contributed by atoms with E-state index in [4.69, 9.17) is 10.5 Å². The average Bonchev–Trinajstić information content (AvgIpc) is 2.29. The zero-order valence-electron chi connectivity index (χ0n) is 10.3. The lowest BCUT2D eigenvalue weighted by molar-refractivity contribution is -0.133. The van der Waals surface area contributed by atoms with Crippen molar-refractivity contribution >= 4 is 23.6 Å². The van der Waals surface area contributed by atoms with Gasteiger partial charge in [0.05, 0.1) is 17.6 Å². The van der Waals surface area contributed by atoms with E-state index in [9.17, 15) is 9.59 Å². The first-order chi connectivity index (χ1) is 8.04. The van der Waals surface area contributed by atoms with Gasteiger partial charge in [0, 0.05) is 20.2 Å². The number of ether oxygens (including phenoxy) is 1. The van der Waals surface area contributed by atoms with Crippen LogP contribution in [0.4, 0.5) is 0 Å². The number of hydrogen-bond acceptors (Lipinski definition) is 4. The summed E-state index contributed by atoms with van der Waals surface area (Å²) >= 11 is 1.27. The minimum absolute atomic E-state index is 0.0604. The smallest absolute Gasteiger partial charge is 0.232 e. The number of carbonyl (C=O) groups excluding carboxylic acids is 2. The Hall–Kier alpha value is -0.750. The van der Waals surface area contributed by atoms with Gasteiger partial charge in [-0.1, -0.05) is 6.92 Å². The summed E-state index contributed by atoms with van der Waals surface area (Å²) < 4.78 is 5.35. The van der Waals surface area contributed by atoms with Crippen LogP contribution in [0.1, 0.15) is 13.3 Å². The van der Waals surface area contributed by atoms with Gasteiger partial charge < -0.3 is 15.4 Å². The monoisotopic (exact) mass is 260 g/mol. The second-order valence-electron chi connectivity index (χ2n) is 4.34. The molecule has 0 bridgehead atoms. The SMILES string of the molecule is COC1CN(C(=O)CSCC(N)=O)CCC1C. The van der Waals surface area contributed by atoms with Crippen molar-refractivity contribution in [2.45, 2.75) is 19.4 Å². The quantitative estimate of drug-likeness (QED) is 0.760. The van der Waals surface area contributed by atoms with Gasteiger partial charge in [-0.3, -0.25) is 9.59 Å². The number of primary amides is 1. The first-order valence-corrected chi connectivity index (χ1v) is 6.86. The summed E-state index contributed by atoms with van der Waals surface area (Å²) in [5.41, 5.74) is 5.01. The van der Waals surface area contributed by atoms with Gasteiger partial charge in [0.1, 0.15) is 0 Å². The Morgan fingerprint density at radius 1 is 1.47 bits per heavy atom. The van der Waals surface area contributed by atoms with Gasteiger partial charge in [-0.25, -0.2) is 0 Å². The van der Waals surface area contributed by atoms with Crippen molar-refractivity contribution in [1.82, 2.24) is 4.90 Å². The summed E-state index contributed by atoms with van der Waals surface area (Å²) in [6.45, 7) is 3.56. The largest absolute Gasteiger partial charge is 0.379 e. The molecule has 98 valence electrons. The predicted molar refractivity (Wildman–Crippen MR) is 67.7 cm³/mol. The number of amides is 2. The Kier molecular flexibility index (Phi) is 5.77. The first kappa shape index (κ1) is 14.3. The number of piperidine rings is 1. The van der Waals surface area contributed by atoms with Crippen LogP contribution < -0.4 is 5.73 Å². The lowest BCUT2D eigenvalue weighted by Gasteiger charge is -2.36. The minimum atomic E-state index is -0.384. The number of likely N-dealkylation sites (tertiary alicyclic amines) is 1. The normalized spacial score (nSPS) is 24.7. The maximum absolute atomic E-state index is 11.8. The zero-order valence-corrected chi connectivity index (χ0v) is 11.2. The predicted octanol–water partition coefficient (Wildman–Crippen LogP) is 0.0883. The molecular formula is C11H20N2O3S. The lowest BCUT2D eigenvalue weighted by atomic mass is 9.96. The van der Waals surface area contributed by atoms with Crippen molar-refractivity contribution in [2.24, 2.45) is 11.7 Å². The van der Waals surface area contributed by atoms with E-state index in [0.717, 1.165) is 13.0 Å². The maximum atomic E-state index is 11.8. The van der Waals surface area contributed by atoms with Crippen molar-refractivity contribution in [1.29, 1.82) is 0 Å². The maximum Gasteiger partial charge on any atom is 0.232 e. The number of methoxy groups -OCH3 is 1. The van der Waals surface area contributed by atoms with Crippen LogP contribution in [0, 0.1) is 5.92 Å². The molecule has 0 aromatic heterocycles. The molecule has 2 unspecified atom stereocenters. The van der Waals surface area contributed by atoms with Crippen LogP contribution in [0.3, 0.4) is 0 Å². The summed E-state index contributed by atoms with van der Waals surface area (Å²) in [5.74, 6) is 0.676. The molecule has 1 fully saturated rings. The van der Waals surface area contributed by atoms with Gasteiger partial charge in [0.2, 0.25) is 11.8 Å². The molecule has 0 aliphatic carbocycles. The Morgan fingerprint density at radius 3 is 2.76 bits per heavy atom. The molecule has 17 heavy (non-hydrogen) atoms. The Bertz CT molecular complexity index is 286. The van der Waals surface area contributed by atoms with E-state index < -0.39 is 0 Å². The molecule has 2 atom stereocenters. The fourth-order valence-electron chi connectivity index (χ4n) is 1.90. The van der Waals surface area contributed by atoms with Crippen LogP contribution in [0.25, 0.3) is 0 Å². The number of hydrogen-bond donors (Lipinski definition) is 1. The van der Waals surface area contributed by atoms with Crippen LogP contribution in [-0.4, -0.2) is 54.5 Å². The van der Waals surface area contributed by atoms with Crippen molar-refractivity contribution in [3.05, 3.63) is 0 Å². The van der Waals surface area contributed by atoms with Gasteiger partial charge in [-0.05, 0) is 12.3 Å². The van der Waals surface area contributed by atoms with Crippen molar-refractivity contribution in [3.63, 3.8) is 0 Å². The highest BCUT2D eigenvalue weighted by molar-refractivity contribution is 8.00. The van der Waals surface area contributed by atoms with Crippen LogP contribution in [0.5, 0.6) is 0 Å². The summed E-state index contributed by atoms with van der Waals surface area (Å²) in [5, 5.41) is 0. The van der Waals surface area contributed by atoms with E-state index in [-0.39, 0.29) is 23.7 Å². The highest BCUT2D eigenvalue weighted by Gasteiger charge is 2.28. The molecule has 1 saturated heterocycles. The summed E-state index contributed by atoms with van der Waals surface area (Å²) in [4.78, 5) is 24.2. The summed E-state index contributed by atoms with van der Waals surface area (Å²) in [6.07, 6.45) is 1.08. The Labute approximate surface area is 106 Å². The topological polar surface area (TPSA) is 72.6 Å². The van der Waals surface area contributed by atoms with E-state index in [0.29, 0.717) is 18.2 Å². The molecule has 0 saturated carbocycles. The van der Waals surface area contributed by atoms with Gasteiger partial charge in [0.15, 0.2) is 0 Å². The fraction of sp³-hybridized carbons (Fsp3) is 0.818. The molecule has 0 spiro atoms. The van der Waals surface area contributed by atoms with Crippen LogP contribution >= 0.6 is 11.8 Å². The molecule has 0 radical (unpaired) electrons. The minimum Gasteiger partial charge on any atom is -0.379 e. The third-order valence-electron chi connectivity index (χ3n) is 3.01. The third-order valence-corrected chi connectivity index (χ3v) is 3.95. The molecule has 1 rings (SSSR count). The molecule has 2 amide bonds. The van der Waals surface area contributed by atoms with Gasteiger partial charge >= 0.3 is 0 Å². The average molecular weight is 260 g/mol. The molecule has 1 aliphatic heterocycles. The number of carbonyl (C=O) groups is 2. The molecule has 1 aliphatic rings. The van der Waals surface area contributed by atoms with Crippen LogP contribution in [0.15, 0.2) is 0 Å². The van der Waals surface area contributed by atoms with Gasteiger partial charge in [0.25, 0.3) is 0 Å². The molecule has 6 heteroatoms. The number of nitrogens with two attached hydrogens (primary N) is 1. The van der Waals surface area contributed by atoms with Gasteiger partial charge in [-0.15, -0.1) is 11.8 Å². The molecule has 5 nitrogen and oxygen atoms in total. The fourth-order valence-corrected chi connectivity index (χ4v) is 2.56. The highest BCUT2D eigenvalue weighted by Crippen LogP contribution is 2.20. The van der Waals surface area contributed by atoms with Crippen LogP contribution in [0.2, 0.25) is 0 Å². The van der Waals surface area contributed by atoms with Crippen molar-refractivity contribution in [2.75, 3.05) is 31.7 Å².